The van der Waals surface area contributed by atoms with Crippen LogP contribution in [-0.4, -0.2) is 4.98 Å². The lowest BCUT2D eigenvalue weighted by Gasteiger charge is -1.90. The van der Waals surface area contributed by atoms with E-state index in [0.29, 0.717) is 0 Å². The maximum absolute atomic E-state index is 4.09. The summed E-state index contributed by atoms with van der Waals surface area (Å²) in [4.78, 5) is 4.09. The number of hydrogen-bond acceptors (Lipinski definition) is 1. The van der Waals surface area contributed by atoms with Crippen LogP contribution in [0.15, 0.2) is 30.5 Å². The third-order valence-corrected chi connectivity index (χ3v) is 1.35. The maximum Gasteiger partial charge on any atom is 0.0787 e. The number of rotatable bonds is 0. The molecule has 1 heterocycles. The van der Waals surface area contributed by atoms with Gasteiger partial charge in [0.25, 0.3) is 0 Å². The summed E-state index contributed by atoms with van der Waals surface area (Å²) >= 11 is 0. The zero-order valence-corrected chi connectivity index (χ0v) is 5.33. The summed E-state index contributed by atoms with van der Waals surface area (Å²) in [5, 5.41) is 1.02. The molecule has 0 spiro atoms. The number of aromatic nitrogens is 1. The summed E-state index contributed by atoms with van der Waals surface area (Å²) in [6.45, 7) is 0. The van der Waals surface area contributed by atoms with Crippen LogP contribution in [0.3, 0.4) is 0 Å². The standard InChI is InChI=1S/C9H5N/c1-2-6-9-8(4-1)5-3-7-10-9/h1-3,5,7H. The van der Waals surface area contributed by atoms with Crippen LogP contribution in [0.25, 0.3) is 10.9 Å². The highest BCUT2D eigenvalue weighted by Gasteiger charge is 1.87. The van der Waals surface area contributed by atoms with Gasteiger partial charge in [-0.3, -0.25) is 4.98 Å². The van der Waals surface area contributed by atoms with Crippen LogP contribution in [0.2, 0.25) is 0 Å². The molecule has 1 aromatic heterocycles. The molecular weight excluding hydrogens is 122 g/mol. The minimum atomic E-state index is 0.880. The minimum Gasteiger partial charge on any atom is -0.256 e. The number of nitrogens with zero attached hydrogens (tertiary/aromatic N) is 1. The first kappa shape index (κ1) is 5.42. The molecule has 0 unspecified atom stereocenters. The Labute approximate surface area is 59.3 Å². The van der Waals surface area contributed by atoms with Crippen LogP contribution in [0.5, 0.6) is 0 Å². The second kappa shape index (κ2) is 2.10. The first-order valence-electron chi connectivity index (χ1n) is 3.10. The zero-order valence-electron chi connectivity index (χ0n) is 5.33. The largest absolute Gasteiger partial charge is 0.256 e. The van der Waals surface area contributed by atoms with Gasteiger partial charge in [-0.1, -0.05) is 18.2 Å². The Hall–Kier alpha value is -1.37. The van der Waals surface area contributed by atoms with Gasteiger partial charge in [-0.2, -0.15) is 0 Å². The van der Waals surface area contributed by atoms with Crippen molar-refractivity contribution in [2.75, 3.05) is 0 Å². The highest BCUT2D eigenvalue weighted by Crippen LogP contribution is 2.06. The van der Waals surface area contributed by atoms with Crippen molar-refractivity contribution in [1.82, 2.24) is 4.98 Å². The summed E-state index contributed by atoms with van der Waals surface area (Å²) in [6.07, 6.45) is 1.76. The van der Waals surface area contributed by atoms with Crippen LogP contribution in [0.4, 0.5) is 0 Å². The number of hydrogen-bond donors (Lipinski definition) is 0. The fourth-order valence-electron chi connectivity index (χ4n) is 0.889. The number of benzene rings is 1. The average Bonchev–Trinajstić information content (AvgIpc) is 2.05. The Balaban J connectivity index is 2.89. The molecule has 0 fully saturated rings. The highest BCUT2D eigenvalue weighted by atomic mass is 14.6. The summed E-state index contributed by atoms with van der Waals surface area (Å²) in [5.41, 5.74) is 0.880. The first-order chi connectivity index (χ1) is 4.97. The molecule has 0 aliphatic rings. The van der Waals surface area contributed by atoms with E-state index >= 15 is 0 Å². The monoisotopic (exact) mass is 127 g/mol. The fourth-order valence-corrected chi connectivity index (χ4v) is 0.889. The molecule has 10 heavy (non-hydrogen) atoms. The molecule has 46 valence electrons. The van der Waals surface area contributed by atoms with Gasteiger partial charge in [0.2, 0.25) is 0 Å². The molecule has 0 bridgehead atoms. The summed E-state index contributed by atoms with van der Waals surface area (Å²) in [6, 6.07) is 13.6. The molecule has 2 radical (unpaired) electrons. The van der Waals surface area contributed by atoms with E-state index in [9.17, 15) is 0 Å². The van der Waals surface area contributed by atoms with Gasteiger partial charge in [0, 0.05) is 17.6 Å². The van der Waals surface area contributed by atoms with Crippen LogP contribution >= 0.6 is 0 Å². The average molecular weight is 127 g/mol. The second-order valence-corrected chi connectivity index (χ2v) is 2.02. The maximum atomic E-state index is 4.09. The minimum absolute atomic E-state index is 0.880. The topological polar surface area (TPSA) is 12.9 Å². The van der Waals surface area contributed by atoms with Crippen LogP contribution in [0.1, 0.15) is 0 Å². The smallest absolute Gasteiger partial charge is 0.0787 e. The van der Waals surface area contributed by atoms with Crippen molar-refractivity contribution in [1.29, 1.82) is 0 Å². The molecule has 2 aromatic rings. The molecule has 0 saturated heterocycles. The van der Waals surface area contributed by atoms with E-state index in [2.05, 4.69) is 17.1 Å². The van der Waals surface area contributed by atoms with Crippen molar-refractivity contribution in [3.05, 3.63) is 42.6 Å². The molecule has 1 heteroatoms. The molecule has 0 amide bonds. The molecule has 2 rings (SSSR count). The van der Waals surface area contributed by atoms with Gasteiger partial charge < -0.3 is 0 Å². The molecule has 1 nitrogen and oxygen atoms in total. The Morgan fingerprint density at radius 1 is 1.20 bits per heavy atom. The predicted molar refractivity (Wildman–Crippen MR) is 39.4 cm³/mol. The van der Waals surface area contributed by atoms with Gasteiger partial charge in [-0.15, -0.1) is 0 Å². The van der Waals surface area contributed by atoms with Gasteiger partial charge in [0.05, 0.1) is 5.52 Å². The third-order valence-electron chi connectivity index (χ3n) is 1.35. The van der Waals surface area contributed by atoms with E-state index in [1.165, 1.54) is 0 Å². The van der Waals surface area contributed by atoms with E-state index in [0.717, 1.165) is 10.9 Å². The molecule has 0 N–H and O–H groups in total. The lowest BCUT2D eigenvalue weighted by molar-refractivity contribution is 1.41. The van der Waals surface area contributed by atoms with Crippen molar-refractivity contribution in [3.8, 4) is 0 Å². The van der Waals surface area contributed by atoms with E-state index < -0.39 is 0 Å². The Morgan fingerprint density at radius 2 is 2.10 bits per heavy atom. The third kappa shape index (κ3) is 0.760. The van der Waals surface area contributed by atoms with E-state index in [-0.39, 0.29) is 0 Å². The summed E-state index contributed by atoms with van der Waals surface area (Å²) < 4.78 is 0. The summed E-state index contributed by atoms with van der Waals surface area (Å²) in [5.74, 6) is 0. The molecule has 0 atom stereocenters. The predicted octanol–water partition coefficient (Wildman–Crippen LogP) is 1.84. The van der Waals surface area contributed by atoms with Gasteiger partial charge in [0.1, 0.15) is 0 Å². The molecule has 0 saturated carbocycles. The summed E-state index contributed by atoms with van der Waals surface area (Å²) in [7, 11) is 0. The van der Waals surface area contributed by atoms with Gasteiger partial charge in [0.15, 0.2) is 0 Å². The van der Waals surface area contributed by atoms with Crippen molar-refractivity contribution in [3.63, 3.8) is 0 Å². The van der Waals surface area contributed by atoms with E-state index in [4.69, 9.17) is 0 Å². The zero-order chi connectivity index (χ0) is 6.81. The van der Waals surface area contributed by atoms with Gasteiger partial charge >= 0.3 is 0 Å². The SMILES string of the molecule is [c]1cc[c]c2ncccc12. The van der Waals surface area contributed by atoms with E-state index in [1.807, 2.05) is 24.3 Å². The number of pyridine rings is 1. The molecule has 0 aliphatic carbocycles. The second-order valence-electron chi connectivity index (χ2n) is 2.02. The Bertz CT molecular complexity index is 276. The van der Waals surface area contributed by atoms with Crippen molar-refractivity contribution < 1.29 is 0 Å². The van der Waals surface area contributed by atoms with Crippen LogP contribution < -0.4 is 0 Å². The number of fused-ring (bicyclic) bond motifs is 1. The molecule has 0 aliphatic heterocycles. The Kier molecular flexibility index (Phi) is 1.14. The van der Waals surface area contributed by atoms with Crippen molar-refractivity contribution in [2.24, 2.45) is 0 Å². The van der Waals surface area contributed by atoms with Crippen LogP contribution in [0, 0.1) is 12.1 Å². The highest BCUT2D eigenvalue weighted by molar-refractivity contribution is 5.76. The lowest BCUT2D eigenvalue weighted by atomic mass is 10.2. The normalized spacial score (nSPS) is 10.0. The first-order valence-corrected chi connectivity index (χ1v) is 3.10. The Morgan fingerprint density at radius 3 is 3.00 bits per heavy atom. The lowest BCUT2D eigenvalue weighted by Crippen LogP contribution is -1.74. The van der Waals surface area contributed by atoms with Crippen LogP contribution in [-0.2, 0) is 0 Å². The van der Waals surface area contributed by atoms with Gasteiger partial charge in [-0.25, -0.2) is 0 Å². The molecular formula is C9H5N. The van der Waals surface area contributed by atoms with Gasteiger partial charge in [-0.05, 0) is 12.1 Å². The van der Waals surface area contributed by atoms with Crippen molar-refractivity contribution in [2.45, 2.75) is 0 Å². The van der Waals surface area contributed by atoms with Crippen molar-refractivity contribution >= 4 is 10.9 Å². The van der Waals surface area contributed by atoms with E-state index in [1.54, 1.807) is 6.20 Å². The molecule has 1 aromatic carbocycles. The quantitative estimate of drug-likeness (QED) is 0.526. The fraction of sp³-hybridized carbons (Fsp3) is 0.